The number of aryl methyl sites for hydroxylation is 1. The first-order valence-corrected chi connectivity index (χ1v) is 10.4. The number of hydrogen-bond donors (Lipinski definition) is 0. The van der Waals surface area contributed by atoms with E-state index in [-0.39, 0.29) is 0 Å². The van der Waals surface area contributed by atoms with E-state index < -0.39 is 0 Å². The van der Waals surface area contributed by atoms with Crippen molar-refractivity contribution in [2.45, 2.75) is 25.8 Å². The normalized spacial score (nSPS) is 22.3. The van der Waals surface area contributed by atoms with Crippen LogP contribution < -0.4 is 9.64 Å². The number of benzene rings is 1. The van der Waals surface area contributed by atoms with Gasteiger partial charge in [0.15, 0.2) is 17.3 Å². The number of hydrogen-bond acceptors (Lipinski definition) is 6. The molecule has 0 spiro atoms. The number of nitrogens with zero attached hydrogens (tertiary/aromatic N) is 6. The maximum atomic E-state index is 6.29. The van der Waals surface area contributed by atoms with Crippen LogP contribution in [0.15, 0.2) is 24.5 Å². The minimum atomic E-state index is 0.474. The van der Waals surface area contributed by atoms with Gasteiger partial charge in [-0.15, -0.1) is 10.2 Å². The van der Waals surface area contributed by atoms with Crippen molar-refractivity contribution in [2.24, 2.45) is 5.92 Å². The van der Waals surface area contributed by atoms with E-state index in [0.717, 1.165) is 41.6 Å². The maximum Gasteiger partial charge on any atom is 0.195 e. The van der Waals surface area contributed by atoms with Crippen LogP contribution in [0.5, 0.6) is 5.75 Å². The third-order valence-electron chi connectivity index (χ3n) is 6.37. The Morgan fingerprint density at radius 3 is 2.83 bits per heavy atom. The minimum Gasteiger partial charge on any atom is -0.496 e. The molecule has 2 saturated heterocycles. The highest BCUT2D eigenvalue weighted by atomic mass is 35.5. The molecule has 8 heteroatoms. The second kappa shape index (κ2) is 7.15. The van der Waals surface area contributed by atoms with Crippen LogP contribution in [0.1, 0.15) is 18.4 Å². The highest BCUT2D eigenvalue weighted by molar-refractivity contribution is 6.31. The molecule has 2 atom stereocenters. The summed E-state index contributed by atoms with van der Waals surface area (Å²) in [7, 11) is 3.84. The zero-order valence-corrected chi connectivity index (χ0v) is 17.7. The van der Waals surface area contributed by atoms with Gasteiger partial charge in [0, 0.05) is 36.5 Å². The van der Waals surface area contributed by atoms with Crippen LogP contribution in [0.4, 0.5) is 5.82 Å². The molecule has 2 aliphatic heterocycles. The van der Waals surface area contributed by atoms with Gasteiger partial charge in [0.25, 0.3) is 0 Å². The molecule has 0 N–H and O–H groups in total. The average molecular weight is 413 g/mol. The third kappa shape index (κ3) is 3.04. The molecule has 0 radical (unpaired) electrons. The van der Waals surface area contributed by atoms with Gasteiger partial charge in [0.1, 0.15) is 5.75 Å². The smallest absolute Gasteiger partial charge is 0.195 e. The van der Waals surface area contributed by atoms with Crippen LogP contribution in [0, 0.1) is 12.8 Å². The number of imidazole rings is 1. The molecule has 4 heterocycles. The summed E-state index contributed by atoms with van der Waals surface area (Å²) in [5.74, 6) is 2.97. The van der Waals surface area contributed by atoms with Crippen LogP contribution >= 0.6 is 11.6 Å². The molecule has 5 rings (SSSR count). The van der Waals surface area contributed by atoms with E-state index in [1.807, 2.05) is 35.9 Å². The SMILES string of the molecule is COc1cc(Cl)c(C)cc1-c1nnc(N2CCC3CCN(C)CC32)c2nccn12. The Labute approximate surface area is 175 Å². The number of halogens is 1. The third-order valence-corrected chi connectivity index (χ3v) is 6.77. The fourth-order valence-corrected chi connectivity index (χ4v) is 4.92. The van der Waals surface area contributed by atoms with Crippen molar-refractivity contribution in [1.82, 2.24) is 24.5 Å². The van der Waals surface area contributed by atoms with E-state index in [1.165, 1.54) is 19.4 Å². The Bertz CT molecular complexity index is 1070. The number of ether oxygens (including phenoxy) is 1. The number of likely N-dealkylation sites (tertiary alicyclic amines) is 1. The molecular formula is C21H25ClN6O. The summed E-state index contributed by atoms with van der Waals surface area (Å²) in [5.41, 5.74) is 2.65. The van der Waals surface area contributed by atoms with Gasteiger partial charge in [-0.3, -0.25) is 4.40 Å². The van der Waals surface area contributed by atoms with Gasteiger partial charge >= 0.3 is 0 Å². The van der Waals surface area contributed by atoms with Crippen molar-refractivity contribution < 1.29 is 4.74 Å². The number of piperidine rings is 1. The molecule has 29 heavy (non-hydrogen) atoms. The van der Waals surface area contributed by atoms with E-state index in [9.17, 15) is 0 Å². The van der Waals surface area contributed by atoms with Gasteiger partial charge in [-0.2, -0.15) is 0 Å². The number of methoxy groups -OCH3 is 1. The highest BCUT2D eigenvalue weighted by Crippen LogP contribution is 2.37. The second-order valence-corrected chi connectivity index (χ2v) is 8.54. The fourth-order valence-electron chi connectivity index (χ4n) is 4.77. The predicted molar refractivity (Wildman–Crippen MR) is 114 cm³/mol. The summed E-state index contributed by atoms with van der Waals surface area (Å²) in [6, 6.07) is 4.29. The van der Waals surface area contributed by atoms with Gasteiger partial charge in [-0.1, -0.05) is 11.6 Å². The van der Waals surface area contributed by atoms with Crippen molar-refractivity contribution >= 4 is 23.1 Å². The molecule has 2 aliphatic rings. The first-order valence-electron chi connectivity index (χ1n) is 10.1. The molecule has 7 nitrogen and oxygen atoms in total. The van der Waals surface area contributed by atoms with E-state index in [2.05, 4.69) is 32.0 Å². The van der Waals surface area contributed by atoms with Crippen LogP contribution in [0.3, 0.4) is 0 Å². The first-order chi connectivity index (χ1) is 14.1. The molecule has 1 aromatic carbocycles. The van der Waals surface area contributed by atoms with E-state index >= 15 is 0 Å². The summed E-state index contributed by atoms with van der Waals surface area (Å²) in [6.45, 7) is 5.21. The lowest BCUT2D eigenvalue weighted by molar-refractivity contribution is 0.208. The summed E-state index contributed by atoms with van der Waals surface area (Å²) < 4.78 is 7.58. The lowest BCUT2D eigenvalue weighted by Crippen LogP contribution is -2.47. The van der Waals surface area contributed by atoms with Crippen molar-refractivity contribution in [3.05, 3.63) is 35.1 Å². The topological polar surface area (TPSA) is 58.8 Å². The van der Waals surface area contributed by atoms with Crippen molar-refractivity contribution in [3.63, 3.8) is 0 Å². The molecular weight excluding hydrogens is 388 g/mol. The first kappa shape index (κ1) is 18.6. The Morgan fingerprint density at radius 1 is 1.17 bits per heavy atom. The van der Waals surface area contributed by atoms with Crippen LogP contribution in [0.2, 0.25) is 5.02 Å². The van der Waals surface area contributed by atoms with Crippen LogP contribution in [0.25, 0.3) is 17.0 Å². The summed E-state index contributed by atoms with van der Waals surface area (Å²) in [5, 5.41) is 9.96. The number of rotatable bonds is 3. The number of anilines is 1. The monoisotopic (exact) mass is 412 g/mol. The van der Waals surface area contributed by atoms with Crippen LogP contribution in [-0.4, -0.2) is 64.3 Å². The van der Waals surface area contributed by atoms with E-state index in [1.54, 1.807) is 7.11 Å². The van der Waals surface area contributed by atoms with Crippen molar-refractivity contribution in [3.8, 4) is 17.1 Å². The Hall–Kier alpha value is -2.38. The fraction of sp³-hybridized carbons (Fsp3) is 0.476. The molecule has 3 aromatic rings. The van der Waals surface area contributed by atoms with Gasteiger partial charge in [0.2, 0.25) is 0 Å². The van der Waals surface area contributed by atoms with Gasteiger partial charge in [-0.25, -0.2) is 4.98 Å². The Balaban J connectivity index is 1.61. The quantitative estimate of drug-likeness (QED) is 0.658. The number of aromatic nitrogens is 4. The largest absolute Gasteiger partial charge is 0.496 e. The van der Waals surface area contributed by atoms with Gasteiger partial charge < -0.3 is 14.5 Å². The average Bonchev–Trinajstić information content (AvgIpc) is 3.36. The molecule has 0 saturated carbocycles. The molecule has 0 aliphatic carbocycles. The molecule has 0 amide bonds. The van der Waals surface area contributed by atoms with Gasteiger partial charge in [-0.05, 0) is 57.0 Å². The second-order valence-electron chi connectivity index (χ2n) is 8.13. The molecule has 152 valence electrons. The lowest BCUT2D eigenvalue weighted by Gasteiger charge is -2.36. The summed E-state index contributed by atoms with van der Waals surface area (Å²) >= 11 is 6.29. The minimum absolute atomic E-state index is 0.474. The Morgan fingerprint density at radius 2 is 2.00 bits per heavy atom. The number of likely N-dealkylation sites (N-methyl/N-ethyl adjacent to an activating group) is 1. The highest BCUT2D eigenvalue weighted by Gasteiger charge is 2.39. The van der Waals surface area contributed by atoms with Crippen LogP contribution in [-0.2, 0) is 0 Å². The molecule has 2 aromatic heterocycles. The van der Waals surface area contributed by atoms with E-state index in [0.29, 0.717) is 22.6 Å². The van der Waals surface area contributed by atoms with Crippen molar-refractivity contribution in [2.75, 3.05) is 38.7 Å². The Kier molecular flexibility index (Phi) is 4.59. The number of fused-ring (bicyclic) bond motifs is 2. The predicted octanol–water partition coefficient (Wildman–Crippen LogP) is 3.29. The van der Waals surface area contributed by atoms with Gasteiger partial charge in [0.05, 0.1) is 12.7 Å². The standard InChI is InChI=1S/C21H25ClN6O/c1-13-10-15(18(29-3)11-16(13)22)19-24-25-21(20-23-6-9-28(19)20)27-8-5-14-4-7-26(2)12-17(14)27/h6,9-11,14,17H,4-5,7-8,12H2,1-3H3. The summed E-state index contributed by atoms with van der Waals surface area (Å²) in [4.78, 5) is 9.45. The zero-order valence-electron chi connectivity index (χ0n) is 17.0. The molecule has 2 unspecified atom stereocenters. The van der Waals surface area contributed by atoms with Crippen molar-refractivity contribution in [1.29, 1.82) is 0 Å². The zero-order chi connectivity index (χ0) is 20.1. The summed E-state index contributed by atoms with van der Waals surface area (Å²) in [6.07, 6.45) is 6.20. The maximum absolute atomic E-state index is 6.29. The molecule has 2 fully saturated rings. The molecule has 0 bridgehead atoms. The van der Waals surface area contributed by atoms with E-state index in [4.69, 9.17) is 16.3 Å². The lowest BCUT2D eigenvalue weighted by atomic mass is 9.92.